The van der Waals surface area contributed by atoms with Gasteiger partial charge in [0.2, 0.25) is 11.8 Å². The van der Waals surface area contributed by atoms with Crippen LogP contribution in [0.25, 0.3) is 0 Å². The van der Waals surface area contributed by atoms with Crippen LogP contribution in [0.3, 0.4) is 0 Å². The van der Waals surface area contributed by atoms with Crippen molar-refractivity contribution < 1.29 is 19.1 Å². The second-order valence-electron chi connectivity index (χ2n) is 6.80. The highest BCUT2D eigenvalue weighted by Gasteiger charge is 2.40. The second kappa shape index (κ2) is 7.97. The van der Waals surface area contributed by atoms with Crippen molar-refractivity contribution in [3.63, 3.8) is 0 Å². The average Bonchev–Trinajstić information content (AvgIpc) is 3.02. The van der Waals surface area contributed by atoms with E-state index >= 15 is 0 Å². The number of hydrogen-bond donors (Lipinski definition) is 1. The molecule has 1 heterocycles. The van der Waals surface area contributed by atoms with Crippen LogP contribution in [0.5, 0.6) is 0 Å². The molecule has 0 aromatic heterocycles. The van der Waals surface area contributed by atoms with E-state index in [4.69, 9.17) is 15.2 Å². The van der Waals surface area contributed by atoms with Crippen molar-refractivity contribution in [3.05, 3.63) is 29.8 Å². The Morgan fingerprint density at radius 1 is 1.16 bits per heavy atom. The molecule has 1 atom stereocenters. The van der Waals surface area contributed by atoms with Crippen molar-refractivity contribution in [1.82, 2.24) is 0 Å². The van der Waals surface area contributed by atoms with Gasteiger partial charge in [-0.15, -0.1) is 0 Å². The summed E-state index contributed by atoms with van der Waals surface area (Å²) in [5.74, 6) is -0.500. The fraction of sp³-hybridized carbons (Fsp3) is 0.579. The Balaban J connectivity index is 1.65. The number of anilines is 1. The molecule has 2 N–H and O–H groups in total. The number of ether oxygens (including phenoxy) is 2. The molecule has 6 nitrogen and oxygen atoms in total. The highest BCUT2D eigenvalue weighted by Crippen LogP contribution is 2.36. The van der Waals surface area contributed by atoms with E-state index in [2.05, 4.69) is 0 Å². The van der Waals surface area contributed by atoms with Gasteiger partial charge < -0.3 is 15.2 Å². The minimum Gasteiger partial charge on any atom is -0.382 e. The summed E-state index contributed by atoms with van der Waals surface area (Å²) < 4.78 is 10.8. The molecule has 1 aliphatic carbocycles. The summed E-state index contributed by atoms with van der Waals surface area (Å²) in [6.45, 7) is 1.17. The van der Waals surface area contributed by atoms with E-state index in [0.29, 0.717) is 19.6 Å². The third-order valence-corrected chi connectivity index (χ3v) is 5.21. The molecule has 1 aromatic rings. The van der Waals surface area contributed by atoms with Crippen LogP contribution in [-0.4, -0.2) is 44.3 Å². The predicted octanol–water partition coefficient (Wildman–Crippen LogP) is 1.65. The van der Waals surface area contributed by atoms with E-state index in [1.807, 2.05) is 24.3 Å². The van der Waals surface area contributed by atoms with Crippen LogP contribution >= 0.6 is 0 Å². The van der Waals surface area contributed by atoms with Crippen molar-refractivity contribution in [3.8, 4) is 0 Å². The number of nitrogens with two attached hydrogens (primary N) is 1. The molecule has 25 heavy (non-hydrogen) atoms. The second-order valence-corrected chi connectivity index (χ2v) is 6.80. The molecule has 0 radical (unpaired) electrons. The zero-order valence-electron chi connectivity index (χ0n) is 14.6. The lowest BCUT2D eigenvalue weighted by atomic mass is 9.86. The number of primary amides is 1. The van der Waals surface area contributed by atoms with E-state index in [1.165, 1.54) is 0 Å². The van der Waals surface area contributed by atoms with Gasteiger partial charge in [-0.25, -0.2) is 0 Å². The lowest BCUT2D eigenvalue weighted by Gasteiger charge is -2.32. The largest absolute Gasteiger partial charge is 0.382 e. The predicted molar refractivity (Wildman–Crippen MR) is 94.2 cm³/mol. The van der Waals surface area contributed by atoms with Crippen LogP contribution in [0, 0.1) is 5.92 Å². The highest BCUT2D eigenvalue weighted by molar-refractivity contribution is 6.04. The van der Waals surface area contributed by atoms with Crippen molar-refractivity contribution in [1.29, 1.82) is 0 Å². The van der Waals surface area contributed by atoms with Gasteiger partial charge in [0, 0.05) is 25.1 Å². The molecular weight excluding hydrogens is 320 g/mol. The van der Waals surface area contributed by atoms with Crippen molar-refractivity contribution in [2.45, 2.75) is 44.2 Å². The van der Waals surface area contributed by atoms with E-state index in [9.17, 15) is 9.59 Å². The average molecular weight is 346 g/mol. The zero-order valence-corrected chi connectivity index (χ0v) is 14.6. The lowest BCUT2D eigenvalue weighted by molar-refractivity contribution is -0.128. The van der Waals surface area contributed by atoms with E-state index < -0.39 is 11.9 Å². The molecule has 3 rings (SSSR count). The molecule has 1 saturated carbocycles. The molecule has 1 aliphatic heterocycles. The lowest BCUT2D eigenvalue weighted by Crippen LogP contribution is -2.49. The summed E-state index contributed by atoms with van der Waals surface area (Å²) in [7, 11) is 1.65. The Labute approximate surface area is 148 Å². The monoisotopic (exact) mass is 346 g/mol. The molecular formula is C19H26N2O4. The molecule has 2 amide bonds. The Bertz CT molecular complexity index is 626. The van der Waals surface area contributed by atoms with Crippen LogP contribution in [-0.2, 0) is 25.5 Å². The standard InChI is InChI=1S/C19H26N2O4/c1-24-10-11-25-15-8-6-13(7-9-15)19(23)21-16-5-3-2-4-14(16)12-17(21)18(20)22/h2-5,13,15,17H,6-12H2,1H3,(H2,20,22)/t13?,15?,17-/m0/s1. The zero-order chi connectivity index (χ0) is 17.8. The van der Waals surface area contributed by atoms with Crippen molar-refractivity contribution in [2.24, 2.45) is 11.7 Å². The molecule has 6 heteroatoms. The Hall–Kier alpha value is -1.92. The van der Waals surface area contributed by atoms with Crippen molar-refractivity contribution in [2.75, 3.05) is 25.2 Å². The maximum Gasteiger partial charge on any atom is 0.240 e. The number of rotatable bonds is 6. The number of carbonyl (C=O) groups excluding carboxylic acids is 2. The number of carbonyl (C=O) groups is 2. The van der Waals surface area contributed by atoms with Gasteiger partial charge in [0.25, 0.3) is 0 Å². The molecule has 1 fully saturated rings. The molecule has 136 valence electrons. The normalized spacial score (nSPS) is 25.6. The number of benzene rings is 1. The van der Waals surface area contributed by atoms with Gasteiger partial charge >= 0.3 is 0 Å². The van der Waals surface area contributed by atoms with Crippen LogP contribution in [0.15, 0.2) is 24.3 Å². The molecule has 2 aliphatic rings. The number of para-hydroxylation sites is 1. The summed E-state index contributed by atoms with van der Waals surface area (Å²) in [5.41, 5.74) is 7.40. The topological polar surface area (TPSA) is 81.9 Å². The highest BCUT2D eigenvalue weighted by atomic mass is 16.5. The van der Waals surface area contributed by atoms with Crippen LogP contribution in [0.4, 0.5) is 5.69 Å². The Morgan fingerprint density at radius 2 is 1.88 bits per heavy atom. The summed E-state index contributed by atoms with van der Waals surface area (Å²) >= 11 is 0. The third kappa shape index (κ3) is 3.85. The molecule has 1 aromatic carbocycles. The van der Waals surface area contributed by atoms with E-state index in [1.54, 1.807) is 12.0 Å². The van der Waals surface area contributed by atoms with Gasteiger partial charge in [0.1, 0.15) is 6.04 Å². The number of nitrogens with zero attached hydrogens (tertiary/aromatic N) is 1. The molecule has 0 bridgehead atoms. The van der Waals surface area contributed by atoms with Gasteiger partial charge in [0.05, 0.1) is 19.3 Å². The summed E-state index contributed by atoms with van der Waals surface area (Å²) in [6.07, 6.45) is 3.97. The first-order valence-electron chi connectivity index (χ1n) is 8.92. The number of methoxy groups -OCH3 is 1. The smallest absolute Gasteiger partial charge is 0.240 e. The van der Waals surface area contributed by atoms with Crippen LogP contribution in [0.1, 0.15) is 31.2 Å². The van der Waals surface area contributed by atoms with Gasteiger partial charge in [-0.1, -0.05) is 18.2 Å². The fourth-order valence-corrected chi connectivity index (χ4v) is 3.86. The first kappa shape index (κ1) is 17.9. The minimum atomic E-state index is -0.569. The summed E-state index contributed by atoms with van der Waals surface area (Å²) in [4.78, 5) is 26.6. The quantitative estimate of drug-likeness (QED) is 0.794. The van der Waals surface area contributed by atoms with Crippen LogP contribution < -0.4 is 10.6 Å². The van der Waals surface area contributed by atoms with Gasteiger partial charge in [-0.05, 0) is 37.3 Å². The molecule has 0 unspecified atom stereocenters. The fourth-order valence-electron chi connectivity index (χ4n) is 3.86. The van der Waals surface area contributed by atoms with Crippen LogP contribution in [0.2, 0.25) is 0 Å². The number of hydrogen-bond acceptors (Lipinski definition) is 4. The first-order valence-corrected chi connectivity index (χ1v) is 8.92. The molecule has 0 spiro atoms. The van der Waals surface area contributed by atoms with Gasteiger partial charge in [-0.2, -0.15) is 0 Å². The number of amides is 2. The summed E-state index contributed by atoms with van der Waals surface area (Å²) in [5, 5.41) is 0. The SMILES string of the molecule is COCCOC1CCC(C(=O)N2c3ccccc3C[C@H]2C(N)=O)CC1. The number of fused-ring (bicyclic) bond motifs is 1. The first-order chi connectivity index (χ1) is 12.1. The molecule has 0 saturated heterocycles. The minimum absolute atomic E-state index is 0.0177. The van der Waals surface area contributed by atoms with E-state index in [0.717, 1.165) is 36.9 Å². The maximum atomic E-state index is 13.1. The Morgan fingerprint density at radius 3 is 2.56 bits per heavy atom. The Kier molecular flexibility index (Phi) is 5.71. The summed E-state index contributed by atoms with van der Waals surface area (Å²) in [6, 6.07) is 7.10. The van der Waals surface area contributed by atoms with Gasteiger partial charge in [-0.3, -0.25) is 14.5 Å². The van der Waals surface area contributed by atoms with Crippen molar-refractivity contribution >= 4 is 17.5 Å². The third-order valence-electron chi connectivity index (χ3n) is 5.21. The maximum absolute atomic E-state index is 13.1. The van der Waals surface area contributed by atoms with E-state index in [-0.39, 0.29) is 17.9 Å². The van der Waals surface area contributed by atoms with Gasteiger partial charge in [0.15, 0.2) is 0 Å².